The molecule has 0 amide bonds. The minimum Gasteiger partial charge on any atom is -0.305 e. The number of rotatable bonds is 4. The average Bonchev–Trinajstić information content (AvgIpc) is 2.72. The molecular formula is C21H20F2N4O. The minimum absolute atomic E-state index is 0.0510. The maximum Gasteiger partial charge on any atom is 0.251 e. The van der Waals surface area contributed by atoms with E-state index in [4.69, 9.17) is 0 Å². The fraction of sp³-hybridized carbons (Fsp3) is 0.286. The van der Waals surface area contributed by atoms with E-state index in [1.807, 2.05) is 6.07 Å². The first-order chi connectivity index (χ1) is 13.6. The van der Waals surface area contributed by atoms with Crippen molar-refractivity contribution in [1.29, 1.82) is 0 Å². The van der Waals surface area contributed by atoms with Gasteiger partial charge < -0.3 is 4.98 Å². The lowest BCUT2D eigenvalue weighted by atomic mass is 9.94. The summed E-state index contributed by atoms with van der Waals surface area (Å²) in [6.07, 6.45) is 3.44. The Kier molecular flexibility index (Phi) is 5.25. The van der Waals surface area contributed by atoms with E-state index < -0.39 is 11.6 Å². The van der Waals surface area contributed by atoms with Crippen LogP contribution in [0.25, 0.3) is 11.5 Å². The summed E-state index contributed by atoms with van der Waals surface area (Å²) in [4.78, 5) is 25.8. The lowest BCUT2D eigenvalue weighted by Crippen LogP contribution is -2.35. The van der Waals surface area contributed by atoms with Gasteiger partial charge in [-0.3, -0.25) is 14.7 Å². The number of H-pyrrole nitrogens is 1. The molecule has 0 unspecified atom stereocenters. The molecule has 1 atom stereocenters. The van der Waals surface area contributed by atoms with Crippen molar-refractivity contribution < 1.29 is 8.78 Å². The Morgan fingerprint density at radius 2 is 2.07 bits per heavy atom. The molecule has 1 N–H and O–H groups in total. The normalized spacial score (nSPS) is 17.6. The molecule has 144 valence electrons. The molecule has 0 saturated carbocycles. The number of aromatic amines is 1. The van der Waals surface area contributed by atoms with Crippen LogP contribution in [-0.2, 0) is 6.54 Å². The number of aromatic nitrogens is 3. The fourth-order valence-corrected chi connectivity index (χ4v) is 3.66. The van der Waals surface area contributed by atoms with Crippen molar-refractivity contribution in [3.8, 4) is 11.5 Å². The first-order valence-corrected chi connectivity index (χ1v) is 9.28. The lowest BCUT2D eigenvalue weighted by Gasteiger charge is -2.32. The van der Waals surface area contributed by atoms with Gasteiger partial charge >= 0.3 is 0 Å². The van der Waals surface area contributed by atoms with Crippen molar-refractivity contribution in [1.82, 2.24) is 19.9 Å². The molecule has 1 aromatic carbocycles. The Bertz CT molecular complexity index is 1020. The van der Waals surface area contributed by atoms with Crippen LogP contribution in [0.15, 0.2) is 53.5 Å². The van der Waals surface area contributed by atoms with Crippen molar-refractivity contribution in [2.75, 3.05) is 13.1 Å². The van der Waals surface area contributed by atoms with Crippen LogP contribution >= 0.6 is 0 Å². The molecule has 7 heteroatoms. The number of likely N-dealkylation sites (tertiary alicyclic amines) is 1. The summed E-state index contributed by atoms with van der Waals surface area (Å²) in [7, 11) is 0. The number of pyridine rings is 1. The lowest BCUT2D eigenvalue weighted by molar-refractivity contribution is 0.195. The smallest absolute Gasteiger partial charge is 0.251 e. The predicted molar refractivity (Wildman–Crippen MR) is 102 cm³/mol. The second kappa shape index (κ2) is 7.98. The van der Waals surface area contributed by atoms with Gasteiger partial charge in [-0.15, -0.1) is 0 Å². The molecule has 5 nitrogen and oxygen atoms in total. The van der Waals surface area contributed by atoms with Crippen LogP contribution in [0.2, 0.25) is 0 Å². The molecule has 1 aliphatic heterocycles. The highest BCUT2D eigenvalue weighted by Crippen LogP contribution is 2.27. The molecule has 3 aromatic rings. The van der Waals surface area contributed by atoms with Gasteiger partial charge in [-0.2, -0.15) is 0 Å². The van der Waals surface area contributed by atoms with Gasteiger partial charge in [0.15, 0.2) is 17.5 Å². The van der Waals surface area contributed by atoms with E-state index in [0.29, 0.717) is 35.9 Å². The van der Waals surface area contributed by atoms with E-state index in [2.05, 4.69) is 19.9 Å². The Morgan fingerprint density at radius 3 is 2.89 bits per heavy atom. The van der Waals surface area contributed by atoms with Gasteiger partial charge in [-0.25, -0.2) is 13.8 Å². The second-order valence-corrected chi connectivity index (χ2v) is 7.02. The topological polar surface area (TPSA) is 61.9 Å². The van der Waals surface area contributed by atoms with E-state index in [0.717, 1.165) is 25.5 Å². The second-order valence-electron chi connectivity index (χ2n) is 7.02. The molecule has 2 aromatic heterocycles. The van der Waals surface area contributed by atoms with E-state index in [1.165, 1.54) is 12.1 Å². The molecule has 1 aliphatic rings. The Morgan fingerprint density at radius 1 is 1.18 bits per heavy atom. The van der Waals surface area contributed by atoms with E-state index in [1.54, 1.807) is 24.4 Å². The number of nitrogens with zero attached hydrogens (tertiary/aromatic N) is 3. The molecular weight excluding hydrogens is 362 g/mol. The predicted octanol–water partition coefficient (Wildman–Crippen LogP) is 3.49. The van der Waals surface area contributed by atoms with Crippen molar-refractivity contribution in [3.05, 3.63) is 81.9 Å². The van der Waals surface area contributed by atoms with Gasteiger partial charge in [0.25, 0.3) is 5.56 Å². The summed E-state index contributed by atoms with van der Waals surface area (Å²) in [5.41, 5.74) is 1.43. The third kappa shape index (κ3) is 3.99. The van der Waals surface area contributed by atoms with Crippen LogP contribution in [0, 0.1) is 11.6 Å². The standard InChI is InChI=1S/C21H20F2N4O/c22-16-7-3-5-15(20(16)23)13-27-10-4-6-14(12-27)18-11-19(28)26-21(25-18)17-8-1-2-9-24-17/h1-3,5,7-9,11,14H,4,6,10,12-13H2,(H,25,26,28)/t14-/m0/s1. The largest absolute Gasteiger partial charge is 0.305 e. The molecule has 3 heterocycles. The molecule has 0 bridgehead atoms. The zero-order valence-electron chi connectivity index (χ0n) is 15.2. The third-order valence-corrected chi connectivity index (χ3v) is 5.02. The van der Waals surface area contributed by atoms with E-state index in [9.17, 15) is 13.6 Å². The highest BCUT2D eigenvalue weighted by molar-refractivity contribution is 5.48. The summed E-state index contributed by atoms with van der Waals surface area (Å²) >= 11 is 0. The molecule has 0 spiro atoms. The minimum atomic E-state index is -0.831. The first-order valence-electron chi connectivity index (χ1n) is 9.28. The highest BCUT2D eigenvalue weighted by Gasteiger charge is 2.24. The summed E-state index contributed by atoms with van der Waals surface area (Å²) < 4.78 is 27.5. The number of hydrogen-bond acceptors (Lipinski definition) is 4. The van der Waals surface area contributed by atoms with Gasteiger partial charge in [0.1, 0.15) is 5.69 Å². The van der Waals surface area contributed by atoms with Crippen LogP contribution in [0.4, 0.5) is 8.78 Å². The Labute approximate surface area is 161 Å². The fourth-order valence-electron chi connectivity index (χ4n) is 3.66. The number of piperidine rings is 1. The maximum absolute atomic E-state index is 14.0. The van der Waals surface area contributed by atoms with E-state index in [-0.39, 0.29) is 11.5 Å². The summed E-state index contributed by atoms with van der Waals surface area (Å²) in [5, 5.41) is 0. The SMILES string of the molecule is O=c1cc([C@H]2CCCN(Cc3cccc(F)c3F)C2)nc(-c2ccccn2)[nH]1. The van der Waals surface area contributed by atoms with Crippen LogP contribution < -0.4 is 5.56 Å². The highest BCUT2D eigenvalue weighted by atomic mass is 19.2. The molecule has 0 aliphatic carbocycles. The summed E-state index contributed by atoms with van der Waals surface area (Å²) in [5.74, 6) is -1.13. The number of hydrogen-bond donors (Lipinski definition) is 1. The zero-order valence-corrected chi connectivity index (χ0v) is 15.2. The van der Waals surface area contributed by atoms with Crippen LogP contribution in [-0.4, -0.2) is 32.9 Å². The van der Waals surface area contributed by atoms with Crippen LogP contribution in [0.1, 0.15) is 30.0 Å². The molecule has 0 radical (unpaired) electrons. The van der Waals surface area contributed by atoms with E-state index >= 15 is 0 Å². The van der Waals surface area contributed by atoms with Gasteiger partial charge in [-0.1, -0.05) is 18.2 Å². The van der Waals surface area contributed by atoms with Gasteiger partial charge in [0.05, 0.1) is 5.69 Å². The Balaban J connectivity index is 1.56. The number of nitrogens with one attached hydrogen (secondary N) is 1. The van der Waals surface area contributed by atoms with Crippen molar-refractivity contribution in [2.45, 2.75) is 25.3 Å². The molecule has 28 heavy (non-hydrogen) atoms. The summed E-state index contributed by atoms with van der Waals surface area (Å²) in [6.45, 7) is 1.76. The number of benzene rings is 1. The van der Waals surface area contributed by atoms with Gasteiger partial charge in [0, 0.05) is 36.8 Å². The van der Waals surface area contributed by atoms with Gasteiger partial charge in [-0.05, 0) is 37.6 Å². The monoisotopic (exact) mass is 382 g/mol. The maximum atomic E-state index is 14.0. The third-order valence-electron chi connectivity index (χ3n) is 5.02. The van der Waals surface area contributed by atoms with Crippen molar-refractivity contribution in [3.63, 3.8) is 0 Å². The molecule has 4 rings (SSSR count). The van der Waals surface area contributed by atoms with Crippen molar-refractivity contribution >= 4 is 0 Å². The Hall–Kier alpha value is -2.93. The zero-order chi connectivity index (χ0) is 19.5. The number of halogens is 2. The first kappa shape index (κ1) is 18.4. The van der Waals surface area contributed by atoms with Gasteiger partial charge in [0.2, 0.25) is 0 Å². The van der Waals surface area contributed by atoms with Crippen molar-refractivity contribution in [2.24, 2.45) is 0 Å². The van der Waals surface area contributed by atoms with Crippen LogP contribution in [0.5, 0.6) is 0 Å². The quantitative estimate of drug-likeness (QED) is 0.750. The van der Waals surface area contributed by atoms with Crippen LogP contribution in [0.3, 0.4) is 0 Å². The molecule has 1 fully saturated rings. The summed E-state index contributed by atoms with van der Waals surface area (Å²) in [6, 6.07) is 11.2. The average molecular weight is 382 g/mol. The molecule has 1 saturated heterocycles.